The molecule has 6 heteroatoms. The molecule has 0 aliphatic carbocycles. The van der Waals surface area contributed by atoms with Crippen molar-refractivity contribution in [1.82, 2.24) is 9.99 Å². The number of hydrogen-bond acceptors (Lipinski definition) is 3. The van der Waals surface area contributed by atoms with Crippen molar-refractivity contribution in [1.29, 1.82) is 0 Å². The molecule has 0 unspecified atom stereocenters. The van der Waals surface area contributed by atoms with E-state index in [0.29, 0.717) is 10.8 Å². The molecule has 5 nitrogen and oxygen atoms in total. The number of rotatable bonds is 6. The van der Waals surface area contributed by atoms with Gasteiger partial charge in [0.25, 0.3) is 5.91 Å². The molecule has 0 saturated carbocycles. The summed E-state index contributed by atoms with van der Waals surface area (Å²) in [5, 5.41) is 4.46. The molecule has 2 rings (SSSR count). The van der Waals surface area contributed by atoms with Gasteiger partial charge in [-0.2, -0.15) is 5.10 Å². The number of nitrogens with zero attached hydrogens (tertiary/aromatic N) is 2. The lowest BCUT2D eigenvalue weighted by atomic mass is 10.3. The summed E-state index contributed by atoms with van der Waals surface area (Å²) in [5.41, 5.74) is 3.34. The maximum Gasteiger partial charge on any atom is 0.277 e. The fourth-order valence-corrected chi connectivity index (χ4v) is 1.92. The van der Waals surface area contributed by atoms with E-state index in [1.807, 2.05) is 29.8 Å². The molecule has 2 aromatic rings. The van der Waals surface area contributed by atoms with E-state index in [4.69, 9.17) is 16.3 Å². The zero-order valence-corrected chi connectivity index (χ0v) is 12.4. The Morgan fingerprint density at radius 2 is 2.29 bits per heavy atom. The van der Waals surface area contributed by atoms with Crippen molar-refractivity contribution in [2.24, 2.45) is 5.10 Å². The molecule has 1 aromatic heterocycles. The Morgan fingerprint density at radius 3 is 3.05 bits per heavy atom. The highest BCUT2D eigenvalue weighted by atomic mass is 35.5. The topological polar surface area (TPSA) is 55.6 Å². The van der Waals surface area contributed by atoms with E-state index in [1.54, 1.807) is 30.5 Å². The highest BCUT2D eigenvalue weighted by molar-refractivity contribution is 6.30. The molecule has 0 radical (unpaired) electrons. The lowest BCUT2D eigenvalue weighted by molar-refractivity contribution is -0.123. The van der Waals surface area contributed by atoms with Gasteiger partial charge in [0, 0.05) is 17.8 Å². The van der Waals surface area contributed by atoms with E-state index in [2.05, 4.69) is 10.5 Å². The highest BCUT2D eigenvalue weighted by Crippen LogP contribution is 2.16. The number of aryl methyl sites for hydroxylation is 1. The summed E-state index contributed by atoms with van der Waals surface area (Å²) < 4.78 is 7.32. The first-order chi connectivity index (χ1) is 10.2. The summed E-state index contributed by atoms with van der Waals surface area (Å²) in [5.74, 6) is 0.210. The molecule has 0 saturated heterocycles. The number of amides is 1. The quantitative estimate of drug-likeness (QED) is 0.659. The normalized spacial score (nSPS) is 10.8. The third-order valence-corrected chi connectivity index (χ3v) is 2.99. The first kappa shape index (κ1) is 15.1. The minimum absolute atomic E-state index is 0.119. The average Bonchev–Trinajstić information content (AvgIpc) is 2.93. The third-order valence-electron chi connectivity index (χ3n) is 2.76. The maximum absolute atomic E-state index is 11.6. The number of carbonyl (C=O) groups is 1. The Balaban J connectivity index is 1.80. The minimum atomic E-state index is -0.333. The van der Waals surface area contributed by atoms with Gasteiger partial charge in [-0.25, -0.2) is 5.43 Å². The van der Waals surface area contributed by atoms with Crippen molar-refractivity contribution in [3.8, 4) is 5.75 Å². The molecular weight excluding hydrogens is 290 g/mol. The first-order valence-electron chi connectivity index (χ1n) is 6.54. The van der Waals surface area contributed by atoms with Gasteiger partial charge in [-0.3, -0.25) is 4.79 Å². The van der Waals surface area contributed by atoms with Gasteiger partial charge < -0.3 is 9.30 Å². The van der Waals surface area contributed by atoms with E-state index >= 15 is 0 Å². The second-order valence-corrected chi connectivity index (χ2v) is 4.69. The molecule has 1 aromatic carbocycles. The van der Waals surface area contributed by atoms with Crippen LogP contribution in [0.1, 0.15) is 12.6 Å². The van der Waals surface area contributed by atoms with E-state index < -0.39 is 0 Å². The van der Waals surface area contributed by atoms with Crippen LogP contribution in [-0.4, -0.2) is 23.3 Å². The van der Waals surface area contributed by atoms with E-state index in [0.717, 1.165) is 12.2 Å². The summed E-state index contributed by atoms with van der Waals surface area (Å²) in [6, 6.07) is 10.7. The third kappa shape index (κ3) is 4.65. The zero-order chi connectivity index (χ0) is 15.1. The van der Waals surface area contributed by atoms with Crippen LogP contribution < -0.4 is 10.2 Å². The number of aromatic nitrogens is 1. The Kier molecular flexibility index (Phi) is 5.40. The van der Waals surface area contributed by atoms with Gasteiger partial charge >= 0.3 is 0 Å². The minimum Gasteiger partial charge on any atom is -0.484 e. The maximum atomic E-state index is 11.6. The van der Waals surface area contributed by atoms with E-state index in [-0.39, 0.29) is 12.5 Å². The molecule has 0 spiro atoms. The Morgan fingerprint density at radius 1 is 1.43 bits per heavy atom. The molecule has 0 aliphatic heterocycles. The van der Waals surface area contributed by atoms with Gasteiger partial charge in [0.1, 0.15) is 5.75 Å². The zero-order valence-electron chi connectivity index (χ0n) is 11.6. The lowest BCUT2D eigenvalue weighted by Crippen LogP contribution is -2.24. The number of nitrogens with one attached hydrogen (secondary N) is 1. The molecule has 1 heterocycles. The van der Waals surface area contributed by atoms with Crippen LogP contribution in [0.4, 0.5) is 0 Å². The van der Waals surface area contributed by atoms with Crippen LogP contribution in [0.25, 0.3) is 0 Å². The second kappa shape index (κ2) is 7.50. The van der Waals surface area contributed by atoms with Crippen LogP contribution in [-0.2, 0) is 11.3 Å². The van der Waals surface area contributed by atoms with E-state index in [1.165, 1.54) is 0 Å². The summed E-state index contributed by atoms with van der Waals surface area (Å²) in [6.45, 7) is 2.77. The average molecular weight is 306 g/mol. The van der Waals surface area contributed by atoms with Gasteiger partial charge in [0.15, 0.2) is 6.61 Å². The summed E-state index contributed by atoms with van der Waals surface area (Å²) in [7, 11) is 0. The molecule has 1 amide bonds. The fraction of sp³-hybridized carbons (Fsp3) is 0.200. The Bertz CT molecular complexity index is 637. The number of carbonyl (C=O) groups excluding carboxylic acids is 1. The highest BCUT2D eigenvalue weighted by Gasteiger charge is 2.02. The van der Waals surface area contributed by atoms with Crippen molar-refractivity contribution in [2.75, 3.05) is 6.61 Å². The van der Waals surface area contributed by atoms with Crippen LogP contribution in [0, 0.1) is 0 Å². The van der Waals surface area contributed by atoms with Crippen molar-refractivity contribution < 1.29 is 9.53 Å². The number of halogens is 1. The molecule has 0 aliphatic rings. The molecule has 21 heavy (non-hydrogen) atoms. The SMILES string of the molecule is CCn1cccc1/C=N/NC(=O)COc1cccc(Cl)c1. The predicted octanol–water partition coefficient (Wildman–Crippen LogP) is 2.69. The Labute approximate surface area is 128 Å². The van der Waals surface area contributed by atoms with Crippen LogP contribution in [0.2, 0.25) is 5.02 Å². The van der Waals surface area contributed by atoms with Crippen molar-refractivity contribution in [2.45, 2.75) is 13.5 Å². The van der Waals surface area contributed by atoms with Crippen molar-refractivity contribution in [3.05, 3.63) is 53.3 Å². The number of hydrogen-bond donors (Lipinski definition) is 1. The summed E-state index contributed by atoms with van der Waals surface area (Å²) in [4.78, 5) is 11.6. The van der Waals surface area contributed by atoms with Crippen LogP contribution in [0.5, 0.6) is 5.75 Å². The molecule has 0 bridgehead atoms. The summed E-state index contributed by atoms with van der Waals surface area (Å²) in [6.07, 6.45) is 3.55. The van der Waals surface area contributed by atoms with Crippen molar-refractivity contribution >= 4 is 23.7 Å². The van der Waals surface area contributed by atoms with Gasteiger partial charge in [-0.05, 0) is 37.3 Å². The number of ether oxygens (including phenoxy) is 1. The molecule has 0 fully saturated rings. The van der Waals surface area contributed by atoms with Crippen molar-refractivity contribution in [3.63, 3.8) is 0 Å². The standard InChI is InChI=1S/C15H16ClN3O2/c1-2-19-8-4-6-13(19)10-17-18-15(20)11-21-14-7-3-5-12(16)9-14/h3-10H,2,11H2,1H3,(H,18,20)/b17-10+. The van der Waals surface area contributed by atoms with Gasteiger partial charge in [-0.1, -0.05) is 17.7 Å². The van der Waals surface area contributed by atoms with Gasteiger partial charge in [0.05, 0.1) is 11.9 Å². The van der Waals surface area contributed by atoms with Crippen LogP contribution >= 0.6 is 11.6 Å². The molecule has 1 N–H and O–H groups in total. The molecule has 110 valence electrons. The fourth-order valence-electron chi connectivity index (χ4n) is 1.74. The number of benzene rings is 1. The smallest absolute Gasteiger partial charge is 0.277 e. The Hall–Kier alpha value is -2.27. The largest absolute Gasteiger partial charge is 0.484 e. The monoisotopic (exact) mass is 305 g/mol. The van der Waals surface area contributed by atoms with Crippen LogP contribution in [0.3, 0.4) is 0 Å². The molecule has 0 atom stereocenters. The van der Waals surface area contributed by atoms with Crippen LogP contribution in [0.15, 0.2) is 47.7 Å². The molecular formula is C15H16ClN3O2. The first-order valence-corrected chi connectivity index (χ1v) is 6.92. The van der Waals surface area contributed by atoms with Gasteiger partial charge in [-0.15, -0.1) is 0 Å². The predicted molar refractivity (Wildman–Crippen MR) is 82.8 cm³/mol. The summed E-state index contributed by atoms with van der Waals surface area (Å²) >= 11 is 5.82. The van der Waals surface area contributed by atoms with E-state index in [9.17, 15) is 4.79 Å². The van der Waals surface area contributed by atoms with Gasteiger partial charge in [0.2, 0.25) is 0 Å². The number of hydrazone groups is 1. The second-order valence-electron chi connectivity index (χ2n) is 4.26. The lowest BCUT2D eigenvalue weighted by Gasteiger charge is -2.05.